The minimum Gasteiger partial charge on any atom is -0.460 e. The molecule has 0 spiro atoms. The zero-order valence-corrected chi connectivity index (χ0v) is 11.7. The number of esters is 1. The molecule has 0 saturated carbocycles. The quantitative estimate of drug-likeness (QED) is 0.608. The highest BCUT2D eigenvalue weighted by molar-refractivity contribution is 5.96. The molecule has 0 aliphatic carbocycles. The first-order chi connectivity index (χ1) is 9.52. The van der Waals surface area contributed by atoms with Crippen molar-refractivity contribution in [2.45, 2.75) is 32.7 Å². The van der Waals surface area contributed by atoms with Crippen LogP contribution in [0, 0.1) is 0 Å². The van der Waals surface area contributed by atoms with Gasteiger partial charge >= 0.3 is 5.97 Å². The normalized spacial score (nSPS) is 11.5. The average Bonchev–Trinajstić information content (AvgIpc) is 2.43. The first kappa shape index (κ1) is 15.9. The fourth-order valence-electron chi connectivity index (χ4n) is 1.60. The topological polar surface area (TPSA) is 72.5 Å². The van der Waals surface area contributed by atoms with Crippen LogP contribution < -0.4 is 5.32 Å². The molecule has 1 rings (SSSR count). The van der Waals surface area contributed by atoms with Crippen molar-refractivity contribution in [2.75, 3.05) is 6.61 Å². The second kappa shape index (κ2) is 8.09. The second-order valence-corrected chi connectivity index (χ2v) is 4.52. The lowest BCUT2D eigenvalue weighted by Gasteiger charge is -2.16. The molecule has 1 unspecified atom stereocenters. The predicted molar refractivity (Wildman–Crippen MR) is 74.2 cm³/mol. The molecule has 0 fully saturated rings. The van der Waals surface area contributed by atoms with Crippen LogP contribution in [0.5, 0.6) is 0 Å². The molecular formula is C15H19NO4. The number of hydrogen-bond acceptors (Lipinski definition) is 4. The Balaban J connectivity index is 2.43. The minimum absolute atomic E-state index is 0.0911. The van der Waals surface area contributed by atoms with Crippen LogP contribution in [0.1, 0.15) is 37.0 Å². The van der Waals surface area contributed by atoms with Gasteiger partial charge in [0.15, 0.2) is 0 Å². The number of amides is 1. The van der Waals surface area contributed by atoms with Crippen molar-refractivity contribution in [3.05, 3.63) is 35.9 Å². The Morgan fingerprint density at radius 1 is 1.20 bits per heavy atom. The number of rotatable bonds is 7. The van der Waals surface area contributed by atoms with E-state index in [0.717, 1.165) is 0 Å². The van der Waals surface area contributed by atoms with Gasteiger partial charge < -0.3 is 10.1 Å². The number of carbonyl (C=O) groups excluding carboxylic acids is 3. The Kier molecular flexibility index (Phi) is 6.43. The maximum atomic E-state index is 11.7. The van der Waals surface area contributed by atoms with E-state index >= 15 is 0 Å². The highest BCUT2D eigenvalue weighted by Gasteiger charge is 2.14. The van der Waals surface area contributed by atoms with Crippen LogP contribution in [-0.4, -0.2) is 30.3 Å². The molecule has 0 radical (unpaired) electrons. The first-order valence-corrected chi connectivity index (χ1v) is 6.54. The summed E-state index contributed by atoms with van der Waals surface area (Å²) in [5, 5.41) is 2.67. The summed E-state index contributed by atoms with van der Waals surface area (Å²) in [4.78, 5) is 34.0. The molecule has 1 atom stereocenters. The van der Waals surface area contributed by atoms with Crippen LogP contribution in [0.4, 0.5) is 0 Å². The van der Waals surface area contributed by atoms with Gasteiger partial charge in [0.05, 0.1) is 18.0 Å². The van der Waals surface area contributed by atoms with Crippen molar-refractivity contribution in [1.82, 2.24) is 5.32 Å². The van der Waals surface area contributed by atoms with Crippen molar-refractivity contribution in [3.63, 3.8) is 0 Å². The molecule has 0 aliphatic rings. The molecule has 1 amide bonds. The van der Waals surface area contributed by atoms with Gasteiger partial charge in [0, 0.05) is 0 Å². The van der Waals surface area contributed by atoms with Gasteiger partial charge in [-0.2, -0.15) is 0 Å². The fourth-order valence-corrected chi connectivity index (χ4v) is 1.60. The van der Waals surface area contributed by atoms with Gasteiger partial charge in [-0.1, -0.05) is 25.1 Å². The molecule has 0 bridgehead atoms. The largest absolute Gasteiger partial charge is 0.460 e. The third kappa shape index (κ3) is 5.65. The molecule has 108 valence electrons. The number of benzene rings is 1. The standard InChI is InChI=1S/C15H19NO4/c1-3-13(16-14(18)9-11(2)17)10-20-15(19)12-7-5-4-6-8-12/h4-8,13H,3,9-10H2,1-2H3,(H,16,18). The van der Waals surface area contributed by atoms with Crippen LogP contribution in [-0.2, 0) is 14.3 Å². The lowest BCUT2D eigenvalue weighted by atomic mass is 10.2. The average molecular weight is 277 g/mol. The monoisotopic (exact) mass is 277 g/mol. The van der Waals surface area contributed by atoms with E-state index in [4.69, 9.17) is 4.74 Å². The van der Waals surface area contributed by atoms with Gasteiger partial charge in [-0.15, -0.1) is 0 Å². The Hall–Kier alpha value is -2.17. The third-order valence-corrected chi connectivity index (χ3v) is 2.69. The molecular weight excluding hydrogens is 258 g/mol. The number of carbonyl (C=O) groups is 3. The maximum absolute atomic E-state index is 11.7. The molecule has 0 saturated heterocycles. The summed E-state index contributed by atoms with van der Waals surface area (Å²) < 4.78 is 5.15. The summed E-state index contributed by atoms with van der Waals surface area (Å²) in [6.07, 6.45) is 0.467. The molecule has 1 aromatic carbocycles. The lowest BCUT2D eigenvalue weighted by molar-refractivity contribution is -0.127. The van der Waals surface area contributed by atoms with Crippen molar-refractivity contribution in [1.29, 1.82) is 0 Å². The lowest BCUT2D eigenvalue weighted by Crippen LogP contribution is -2.39. The Labute approximate surface area is 118 Å². The van der Waals surface area contributed by atoms with Crippen LogP contribution in [0.2, 0.25) is 0 Å². The Morgan fingerprint density at radius 3 is 2.40 bits per heavy atom. The summed E-state index contributed by atoms with van der Waals surface area (Å²) in [7, 11) is 0. The van der Waals surface area contributed by atoms with Gasteiger partial charge in [-0.3, -0.25) is 9.59 Å². The molecule has 0 heterocycles. The van der Waals surface area contributed by atoms with E-state index in [1.54, 1.807) is 24.3 Å². The zero-order valence-electron chi connectivity index (χ0n) is 11.7. The van der Waals surface area contributed by atoms with E-state index in [1.165, 1.54) is 6.92 Å². The molecule has 20 heavy (non-hydrogen) atoms. The van der Waals surface area contributed by atoms with Gasteiger partial charge in [0.2, 0.25) is 5.91 Å². The van der Waals surface area contributed by atoms with Crippen molar-refractivity contribution < 1.29 is 19.1 Å². The predicted octanol–water partition coefficient (Wildman–Crippen LogP) is 1.72. The molecule has 1 N–H and O–H groups in total. The Bertz CT molecular complexity index is 470. The highest BCUT2D eigenvalue weighted by Crippen LogP contribution is 2.03. The number of nitrogens with one attached hydrogen (secondary N) is 1. The van der Waals surface area contributed by atoms with Crippen molar-refractivity contribution in [3.8, 4) is 0 Å². The molecule has 0 aliphatic heterocycles. The van der Waals surface area contributed by atoms with E-state index in [9.17, 15) is 14.4 Å². The Morgan fingerprint density at radius 2 is 1.85 bits per heavy atom. The van der Waals surface area contributed by atoms with E-state index in [-0.39, 0.29) is 30.8 Å². The van der Waals surface area contributed by atoms with E-state index in [0.29, 0.717) is 12.0 Å². The molecule has 0 aromatic heterocycles. The third-order valence-electron chi connectivity index (χ3n) is 2.69. The van der Waals surface area contributed by atoms with Crippen molar-refractivity contribution in [2.24, 2.45) is 0 Å². The first-order valence-electron chi connectivity index (χ1n) is 6.54. The molecule has 5 nitrogen and oxygen atoms in total. The number of ether oxygens (including phenoxy) is 1. The van der Waals surface area contributed by atoms with E-state index in [2.05, 4.69) is 5.32 Å². The smallest absolute Gasteiger partial charge is 0.338 e. The van der Waals surface area contributed by atoms with Crippen LogP contribution in [0.3, 0.4) is 0 Å². The van der Waals surface area contributed by atoms with Gasteiger partial charge in [-0.05, 0) is 25.5 Å². The number of ketones is 1. The van der Waals surface area contributed by atoms with Crippen molar-refractivity contribution >= 4 is 17.7 Å². The molecule has 5 heteroatoms. The summed E-state index contributed by atoms with van der Waals surface area (Å²) in [5.41, 5.74) is 0.470. The van der Waals surface area contributed by atoms with Gasteiger partial charge in [0.25, 0.3) is 0 Å². The highest BCUT2D eigenvalue weighted by atomic mass is 16.5. The maximum Gasteiger partial charge on any atom is 0.338 e. The SMILES string of the molecule is CCC(COC(=O)c1ccccc1)NC(=O)CC(C)=O. The second-order valence-electron chi connectivity index (χ2n) is 4.52. The van der Waals surface area contributed by atoms with Gasteiger partial charge in [-0.25, -0.2) is 4.79 Å². The van der Waals surface area contributed by atoms with Crippen LogP contribution >= 0.6 is 0 Å². The zero-order chi connectivity index (χ0) is 15.0. The van der Waals surface area contributed by atoms with Crippen LogP contribution in [0.15, 0.2) is 30.3 Å². The number of Topliss-reactive ketones (excluding diaryl/α,β-unsaturated/α-hetero) is 1. The van der Waals surface area contributed by atoms with Gasteiger partial charge in [0.1, 0.15) is 12.4 Å². The summed E-state index contributed by atoms with van der Waals surface area (Å²) in [6.45, 7) is 3.32. The fraction of sp³-hybridized carbons (Fsp3) is 0.400. The van der Waals surface area contributed by atoms with E-state index < -0.39 is 5.97 Å². The van der Waals surface area contributed by atoms with E-state index in [1.807, 2.05) is 13.0 Å². The summed E-state index contributed by atoms with van der Waals surface area (Å²) in [6, 6.07) is 8.36. The summed E-state index contributed by atoms with van der Waals surface area (Å²) in [5.74, 6) is -0.969. The minimum atomic E-state index is -0.426. The van der Waals surface area contributed by atoms with Crippen LogP contribution in [0.25, 0.3) is 0 Å². The molecule has 1 aromatic rings. The number of hydrogen-bond donors (Lipinski definition) is 1. The summed E-state index contributed by atoms with van der Waals surface area (Å²) >= 11 is 0.